The average Bonchev–Trinajstić information content (AvgIpc) is 2.89. The van der Waals surface area contributed by atoms with Crippen LogP contribution in [0.4, 0.5) is 11.4 Å². The highest BCUT2D eigenvalue weighted by Crippen LogP contribution is 2.24. The zero-order chi connectivity index (χ0) is 24.6. The van der Waals surface area contributed by atoms with Crippen molar-refractivity contribution in [2.45, 2.75) is 6.42 Å². The highest BCUT2D eigenvalue weighted by molar-refractivity contribution is 5.86. The van der Waals surface area contributed by atoms with Gasteiger partial charge in [-0.05, 0) is 78.2 Å². The van der Waals surface area contributed by atoms with E-state index in [-0.39, 0.29) is 11.5 Å². The third-order valence-electron chi connectivity index (χ3n) is 5.46. The van der Waals surface area contributed by atoms with Crippen molar-refractivity contribution >= 4 is 23.8 Å². The summed E-state index contributed by atoms with van der Waals surface area (Å²) in [5, 5.41) is 20.0. The molecular weight excluding hydrogens is 440 g/mol. The molecule has 0 amide bonds. The Labute approximate surface area is 204 Å². The zero-order valence-corrected chi connectivity index (χ0v) is 19.6. The highest BCUT2D eigenvalue weighted by Gasteiger charge is 2.03. The first-order valence-electron chi connectivity index (χ1n) is 11.0. The molecule has 0 spiro atoms. The molecule has 4 aromatic rings. The third kappa shape index (κ3) is 6.26. The van der Waals surface area contributed by atoms with E-state index in [0.717, 1.165) is 28.9 Å². The number of hydrogen-bond donors (Lipinski definition) is 2. The fraction of sp³-hybridized carbons (Fsp3) is 0.103. The molecule has 6 heteroatoms. The SMILES string of the molecule is COc1ccc(O)c(C=Nc2ccc(Cc3ccc(N=Cc4cc(OC)ccc4O)cc3)cc2)c1. The molecule has 0 atom stereocenters. The van der Waals surface area contributed by atoms with Gasteiger partial charge in [0.15, 0.2) is 0 Å². The van der Waals surface area contributed by atoms with Crippen LogP contribution < -0.4 is 9.47 Å². The molecule has 6 nitrogen and oxygen atoms in total. The molecule has 0 saturated carbocycles. The van der Waals surface area contributed by atoms with Crippen LogP contribution in [0.25, 0.3) is 0 Å². The minimum absolute atomic E-state index is 0.152. The van der Waals surface area contributed by atoms with Gasteiger partial charge < -0.3 is 19.7 Å². The van der Waals surface area contributed by atoms with Gasteiger partial charge >= 0.3 is 0 Å². The van der Waals surface area contributed by atoms with E-state index in [1.54, 1.807) is 63.0 Å². The normalized spacial score (nSPS) is 11.3. The molecule has 35 heavy (non-hydrogen) atoms. The molecule has 2 N–H and O–H groups in total. The Balaban J connectivity index is 1.38. The first-order valence-corrected chi connectivity index (χ1v) is 11.0. The van der Waals surface area contributed by atoms with Crippen molar-refractivity contribution in [3.8, 4) is 23.0 Å². The van der Waals surface area contributed by atoms with E-state index < -0.39 is 0 Å². The molecule has 0 unspecified atom stereocenters. The second-order valence-electron chi connectivity index (χ2n) is 7.88. The number of ether oxygens (including phenoxy) is 2. The molecule has 4 rings (SSSR count). The Kier molecular flexibility index (Phi) is 7.43. The van der Waals surface area contributed by atoms with Gasteiger partial charge in [0.25, 0.3) is 0 Å². The quantitative estimate of drug-likeness (QED) is 0.303. The maximum Gasteiger partial charge on any atom is 0.124 e. The van der Waals surface area contributed by atoms with E-state index in [9.17, 15) is 10.2 Å². The van der Waals surface area contributed by atoms with E-state index in [4.69, 9.17) is 9.47 Å². The number of hydrogen-bond acceptors (Lipinski definition) is 6. The lowest BCUT2D eigenvalue weighted by molar-refractivity contribution is 0.412. The summed E-state index contributed by atoms with van der Waals surface area (Å²) >= 11 is 0. The van der Waals surface area contributed by atoms with Crippen LogP contribution in [0.3, 0.4) is 0 Å². The van der Waals surface area contributed by atoms with Gasteiger partial charge in [0.05, 0.1) is 25.6 Å². The molecule has 0 saturated heterocycles. The monoisotopic (exact) mass is 466 g/mol. The summed E-state index contributed by atoms with van der Waals surface area (Å²) in [6.45, 7) is 0. The summed E-state index contributed by atoms with van der Waals surface area (Å²) in [4.78, 5) is 8.91. The van der Waals surface area contributed by atoms with Gasteiger partial charge in [0.2, 0.25) is 0 Å². The van der Waals surface area contributed by atoms with Crippen molar-refractivity contribution in [3.05, 3.63) is 107 Å². The fourth-order valence-electron chi connectivity index (χ4n) is 3.45. The summed E-state index contributed by atoms with van der Waals surface area (Å²) in [6, 6.07) is 26.0. The fourth-order valence-corrected chi connectivity index (χ4v) is 3.45. The molecule has 4 aromatic carbocycles. The number of aliphatic imine (C=N–C) groups is 2. The molecular formula is C29H26N2O4. The number of phenols is 2. The first kappa shape index (κ1) is 23.6. The summed E-state index contributed by atoms with van der Waals surface area (Å²) < 4.78 is 10.4. The van der Waals surface area contributed by atoms with Crippen LogP contribution in [0, 0.1) is 0 Å². The Morgan fingerprint density at radius 3 is 1.37 bits per heavy atom. The number of aromatic hydroxyl groups is 2. The summed E-state index contributed by atoms with van der Waals surface area (Å²) in [7, 11) is 3.17. The molecule has 0 aliphatic carbocycles. The Bertz CT molecular complexity index is 1240. The van der Waals surface area contributed by atoms with Crippen molar-refractivity contribution in [2.75, 3.05) is 14.2 Å². The highest BCUT2D eigenvalue weighted by atomic mass is 16.5. The molecule has 0 fully saturated rings. The Morgan fingerprint density at radius 1 is 0.600 bits per heavy atom. The van der Waals surface area contributed by atoms with E-state index in [1.807, 2.05) is 48.5 Å². The predicted octanol–water partition coefficient (Wildman–Crippen LogP) is 6.21. The lowest BCUT2D eigenvalue weighted by atomic mass is 10.0. The van der Waals surface area contributed by atoms with Crippen LogP contribution in [0.5, 0.6) is 23.0 Å². The zero-order valence-electron chi connectivity index (χ0n) is 19.6. The minimum atomic E-state index is 0.152. The number of rotatable bonds is 8. The maximum atomic E-state index is 9.99. The smallest absolute Gasteiger partial charge is 0.124 e. The minimum Gasteiger partial charge on any atom is -0.507 e. The third-order valence-corrected chi connectivity index (χ3v) is 5.46. The van der Waals surface area contributed by atoms with Crippen LogP contribution in [-0.4, -0.2) is 36.9 Å². The van der Waals surface area contributed by atoms with Crippen molar-refractivity contribution in [1.82, 2.24) is 0 Å². The first-order chi connectivity index (χ1) is 17.0. The molecule has 0 radical (unpaired) electrons. The molecule has 0 aliphatic rings. The number of phenolic OH excluding ortho intramolecular Hbond substituents is 2. The van der Waals surface area contributed by atoms with Crippen molar-refractivity contribution in [1.29, 1.82) is 0 Å². The largest absolute Gasteiger partial charge is 0.507 e. The van der Waals surface area contributed by atoms with Crippen LogP contribution in [0.1, 0.15) is 22.3 Å². The summed E-state index contributed by atoms with van der Waals surface area (Å²) in [6.07, 6.45) is 4.02. The Hall–Kier alpha value is -4.58. The molecule has 176 valence electrons. The van der Waals surface area contributed by atoms with Gasteiger partial charge in [-0.3, -0.25) is 9.98 Å². The Morgan fingerprint density at radius 2 is 1.00 bits per heavy atom. The van der Waals surface area contributed by atoms with Crippen LogP contribution >= 0.6 is 0 Å². The predicted molar refractivity (Wildman–Crippen MR) is 140 cm³/mol. The lowest BCUT2D eigenvalue weighted by Crippen LogP contribution is -1.88. The van der Waals surface area contributed by atoms with Gasteiger partial charge in [-0.15, -0.1) is 0 Å². The summed E-state index contributed by atoms with van der Waals surface area (Å²) in [5.74, 6) is 1.63. The van der Waals surface area contributed by atoms with Crippen LogP contribution in [0.15, 0.2) is 94.9 Å². The van der Waals surface area contributed by atoms with Gasteiger partial charge in [0, 0.05) is 23.6 Å². The molecule has 0 aromatic heterocycles. The van der Waals surface area contributed by atoms with Crippen LogP contribution in [-0.2, 0) is 6.42 Å². The van der Waals surface area contributed by atoms with Gasteiger partial charge in [-0.2, -0.15) is 0 Å². The second kappa shape index (κ2) is 11.0. The van der Waals surface area contributed by atoms with Crippen molar-refractivity contribution in [3.63, 3.8) is 0 Å². The number of benzene rings is 4. The van der Waals surface area contributed by atoms with E-state index >= 15 is 0 Å². The summed E-state index contributed by atoms with van der Waals surface area (Å²) in [5.41, 5.74) is 5.09. The molecule has 0 heterocycles. The molecule has 0 bridgehead atoms. The number of methoxy groups -OCH3 is 2. The van der Waals surface area contributed by atoms with Crippen molar-refractivity contribution < 1.29 is 19.7 Å². The van der Waals surface area contributed by atoms with Gasteiger partial charge in [-0.25, -0.2) is 0 Å². The second-order valence-corrected chi connectivity index (χ2v) is 7.88. The van der Waals surface area contributed by atoms with Gasteiger partial charge in [-0.1, -0.05) is 24.3 Å². The van der Waals surface area contributed by atoms with E-state index in [0.29, 0.717) is 22.6 Å². The topological polar surface area (TPSA) is 83.6 Å². The lowest BCUT2D eigenvalue weighted by Gasteiger charge is -2.05. The van der Waals surface area contributed by atoms with Crippen LogP contribution in [0.2, 0.25) is 0 Å². The number of nitrogens with zero attached hydrogens (tertiary/aromatic N) is 2. The van der Waals surface area contributed by atoms with E-state index in [2.05, 4.69) is 9.98 Å². The van der Waals surface area contributed by atoms with Gasteiger partial charge in [0.1, 0.15) is 23.0 Å². The van der Waals surface area contributed by atoms with E-state index in [1.165, 1.54) is 0 Å². The maximum absolute atomic E-state index is 9.99. The average molecular weight is 467 g/mol. The van der Waals surface area contributed by atoms with Crippen molar-refractivity contribution in [2.24, 2.45) is 9.98 Å². The standard InChI is InChI=1S/C29H26N2O4/c1-34-26-11-13-28(32)22(16-26)18-30-24-7-3-20(4-8-24)15-21-5-9-25(10-6-21)31-19-23-17-27(35-2)12-14-29(23)33/h3-14,16-19,32-33H,15H2,1-2H3. The molecule has 0 aliphatic heterocycles.